The molecule has 0 saturated heterocycles. The van der Waals surface area contributed by atoms with E-state index in [2.05, 4.69) is 5.32 Å². The zero-order valence-electron chi connectivity index (χ0n) is 15.8. The molecule has 0 atom stereocenters. The predicted octanol–water partition coefficient (Wildman–Crippen LogP) is 5.02. The molecule has 144 valence electrons. The van der Waals surface area contributed by atoms with Gasteiger partial charge in [0, 0.05) is 29.0 Å². The molecule has 1 heterocycles. The second-order valence-corrected chi connectivity index (χ2v) is 6.45. The number of nitro benzene ring substituents is 1. The molecule has 0 unspecified atom stereocenters. The molecule has 1 amide bonds. The summed E-state index contributed by atoms with van der Waals surface area (Å²) in [6.45, 7) is 3.56. The fraction of sp³-hybridized carbons (Fsp3) is 0.0909. The predicted molar refractivity (Wildman–Crippen MR) is 109 cm³/mol. The number of nitrogens with zero attached hydrogens (tertiary/aromatic N) is 2. The van der Waals surface area contributed by atoms with Gasteiger partial charge in [-0.25, -0.2) is 0 Å². The van der Waals surface area contributed by atoms with E-state index < -0.39 is 10.8 Å². The van der Waals surface area contributed by atoms with E-state index in [4.69, 9.17) is 4.42 Å². The van der Waals surface area contributed by atoms with Crippen LogP contribution in [0.2, 0.25) is 0 Å². The summed E-state index contributed by atoms with van der Waals surface area (Å²) < 4.78 is 5.67. The van der Waals surface area contributed by atoms with Crippen LogP contribution in [0.1, 0.15) is 16.9 Å². The summed E-state index contributed by atoms with van der Waals surface area (Å²) in [5.74, 6) is 0.136. The third kappa shape index (κ3) is 4.57. The van der Waals surface area contributed by atoms with Crippen molar-refractivity contribution in [3.8, 4) is 17.4 Å². The van der Waals surface area contributed by atoms with Crippen LogP contribution in [0.3, 0.4) is 0 Å². The molecule has 3 aromatic rings. The van der Waals surface area contributed by atoms with E-state index in [0.29, 0.717) is 28.3 Å². The van der Waals surface area contributed by atoms with E-state index in [-0.39, 0.29) is 11.3 Å². The van der Waals surface area contributed by atoms with Crippen LogP contribution in [-0.4, -0.2) is 10.8 Å². The molecule has 0 aliphatic carbocycles. The minimum absolute atomic E-state index is 0.00811. The van der Waals surface area contributed by atoms with Gasteiger partial charge in [-0.3, -0.25) is 14.9 Å². The van der Waals surface area contributed by atoms with E-state index in [1.807, 2.05) is 19.1 Å². The first-order valence-corrected chi connectivity index (χ1v) is 8.72. The van der Waals surface area contributed by atoms with Gasteiger partial charge in [0.2, 0.25) is 0 Å². The second-order valence-electron chi connectivity index (χ2n) is 6.45. The number of nitrogens with one attached hydrogen (secondary N) is 1. The maximum absolute atomic E-state index is 12.4. The van der Waals surface area contributed by atoms with Crippen LogP contribution < -0.4 is 5.32 Å². The van der Waals surface area contributed by atoms with Crippen molar-refractivity contribution in [1.29, 1.82) is 5.26 Å². The fourth-order valence-corrected chi connectivity index (χ4v) is 2.76. The molecule has 0 radical (unpaired) electrons. The summed E-state index contributed by atoms with van der Waals surface area (Å²) in [6.07, 6.45) is 1.33. The van der Waals surface area contributed by atoms with E-state index in [1.54, 1.807) is 49.4 Å². The van der Waals surface area contributed by atoms with Crippen LogP contribution in [0.5, 0.6) is 0 Å². The smallest absolute Gasteiger partial charge is 0.273 e. The summed E-state index contributed by atoms with van der Waals surface area (Å²) >= 11 is 0. The Morgan fingerprint density at radius 2 is 1.97 bits per heavy atom. The number of nitriles is 1. The minimum atomic E-state index is -0.554. The highest BCUT2D eigenvalue weighted by Crippen LogP contribution is 2.28. The van der Waals surface area contributed by atoms with Gasteiger partial charge in [0.15, 0.2) is 0 Å². The summed E-state index contributed by atoms with van der Waals surface area (Å²) in [5, 5.41) is 23.1. The standard InChI is InChI=1S/C22H17N3O4/c1-14-4-3-5-18(10-14)24-22(26)17(13-23)11-19-8-9-21(29-19)16-7-6-15(2)20(12-16)25(27)28/h3-12H,1-2H3,(H,24,26)/b17-11-. The number of carbonyl (C=O) groups excluding carboxylic acids is 1. The van der Waals surface area contributed by atoms with Crippen molar-refractivity contribution >= 4 is 23.4 Å². The summed E-state index contributed by atoms with van der Waals surface area (Å²) in [6, 6.07) is 17.1. The highest BCUT2D eigenvalue weighted by molar-refractivity contribution is 6.09. The molecule has 0 aliphatic rings. The van der Waals surface area contributed by atoms with Crippen molar-refractivity contribution in [3.05, 3.63) is 87.2 Å². The van der Waals surface area contributed by atoms with E-state index in [1.165, 1.54) is 12.1 Å². The summed E-state index contributed by atoms with van der Waals surface area (Å²) in [5.41, 5.74) is 2.51. The van der Waals surface area contributed by atoms with Gasteiger partial charge in [-0.05, 0) is 43.7 Å². The Morgan fingerprint density at radius 3 is 2.66 bits per heavy atom. The lowest BCUT2D eigenvalue weighted by Gasteiger charge is -2.04. The highest BCUT2D eigenvalue weighted by atomic mass is 16.6. The third-order valence-electron chi connectivity index (χ3n) is 4.24. The maximum Gasteiger partial charge on any atom is 0.273 e. The van der Waals surface area contributed by atoms with E-state index in [9.17, 15) is 20.2 Å². The lowest BCUT2D eigenvalue weighted by atomic mass is 10.1. The van der Waals surface area contributed by atoms with Gasteiger partial charge < -0.3 is 9.73 Å². The van der Waals surface area contributed by atoms with Crippen LogP contribution in [0.4, 0.5) is 11.4 Å². The molecule has 0 saturated carbocycles. The number of hydrogen-bond donors (Lipinski definition) is 1. The van der Waals surface area contributed by atoms with Crippen molar-refractivity contribution in [2.45, 2.75) is 13.8 Å². The van der Waals surface area contributed by atoms with E-state index in [0.717, 1.165) is 5.56 Å². The zero-order chi connectivity index (χ0) is 21.0. The second kappa shape index (κ2) is 8.23. The first-order chi connectivity index (χ1) is 13.9. The quantitative estimate of drug-likeness (QED) is 0.286. The van der Waals surface area contributed by atoms with Crippen molar-refractivity contribution in [2.24, 2.45) is 0 Å². The molecule has 1 aromatic heterocycles. The number of anilines is 1. The topological polar surface area (TPSA) is 109 Å². The SMILES string of the molecule is Cc1cccc(NC(=O)/C(C#N)=C\c2ccc(-c3ccc(C)c([N+](=O)[O-])c3)o2)c1. The lowest BCUT2D eigenvalue weighted by Crippen LogP contribution is -2.13. The van der Waals surface area contributed by atoms with Crippen LogP contribution in [0.15, 0.2) is 64.6 Å². The number of rotatable bonds is 5. The number of carbonyl (C=O) groups is 1. The monoisotopic (exact) mass is 387 g/mol. The lowest BCUT2D eigenvalue weighted by molar-refractivity contribution is -0.385. The summed E-state index contributed by atoms with van der Waals surface area (Å²) in [7, 11) is 0. The average molecular weight is 387 g/mol. The third-order valence-corrected chi connectivity index (χ3v) is 4.24. The Hall–Kier alpha value is -4.18. The number of furan rings is 1. The number of aryl methyl sites for hydroxylation is 2. The number of amides is 1. The fourth-order valence-electron chi connectivity index (χ4n) is 2.76. The molecule has 7 nitrogen and oxygen atoms in total. The van der Waals surface area contributed by atoms with Crippen LogP contribution >= 0.6 is 0 Å². The molecule has 3 rings (SSSR count). The maximum atomic E-state index is 12.4. The Kier molecular flexibility index (Phi) is 5.56. The van der Waals surface area contributed by atoms with Gasteiger partial charge >= 0.3 is 0 Å². The van der Waals surface area contributed by atoms with Gasteiger partial charge in [0.25, 0.3) is 11.6 Å². The number of benzene rings is 2. The molecular formula is C22H17N3O4. The molecule has 0 fully saturated rings. The molecule has 7 heteroatoms. The van der Waals surface area contributed by atoms with Gasteiger partial charge in [0.05, 0.1) is 4.92 Å². The van der Waals surface area contributed by atoms with Gasteiger partial charge in [-0.2, -0.15) is 5.26 Å². The number of hydrogen-bond acceptors (Lipinski definition) is 5. The van der Waals surface area contributed by atoms with E-state index >= 15 is 0 Å². The minimum Gasteiger partial charge on any atom is -0.457 e. The highest BCUT2D eigenvalue weighted by Gasteiger charge is 2.15. The van der Waals surface area contributed by atoms with Crippen molar-refractivity contribution in [1.82, 2.24) is 0 Å². The Labute approximate surface area is 167 Å². The normalized spacial score (nSPS) is 11.0. The average Bonchev–Trinajstić information content (AvgIpc) is 3.14. The molecular weight excluding hydrogens is 370 g/mol. The zero-order valence-corrected chi connectivity index (χ0v) is 15.8. The molecule has 1 N–H and O–H groups in total. The molecule has 0 aliphatic heterocycles. The Balaban J connectivity index is 1.84. The molecule has 0 spiro atoms. The van der Waals surface area contributed by atoms with Gasteiger partial charge in [-0.15, -0.1) is 0 Å². The van der Waals surface area contributed by atoms with Gasteiger partial charge in [-0.1, -0.05) is 24.3 Å². The Bertz CT molecular complexity index is 1170. The van der Waals surface area contributed by atoms with Crippen LogP contribution in [0, 0.1) is 35.3 Å². The largest absolute Gasteiger partial charge is 0.457 e. The summed E-state index contributed by atoms with van der Waals surface area (Å²) in [4.78, 5) is 23.0. The first kappa shape index (κ1) is 19.6. The Morgan fingerprint density at radius 1 is 1.17 bits per heavy atom. The molecule has 29 heavy (non-hydrogen) atoms. The van der Waals surface area contributed by atoms with Crippen LogP contribution in [0.25, 0.3) is 17.4 Å². The molecule has 2 aromatic carbocycles. The number of nitro groups is 1. The van der Waals surface area contributed by atoms with Crippen molar-refractivity contribution in [3.63, 3.8) is 0 Å². The molecule has 0 bridgehead atoms. The van der Waals surface area contributed by atoms with Crippen molar-refractivity contribution < 1.29 is 14.1 Å². The van der Waals surface area contributed by atoms with Gasteiger partial charge in [0.1, 0.15) is 23.2 Å². The first-order valence-electron chi connectivity index (χ1n) is 8.72. The van der Waals surface area contributed by atoms with Crippen molar-refractivity contribution in [2.75, 3.05) is 5.32 Å². The van der Waals surface area contributed by atoms with Crippen LogP contribution in [-0.2, 0) is 4.79 Å².